The molecular formula is C19H42BrN. The third-order valence-corrected chi connectivity index (χ3v) is 6.13. The summed E-state index contributed by atoms with van der Waals surface area (Å²) in [5, 5.41) is 0. The minimum atomic E-state index is 0. The minimum Gasteiger partial charge on any atom is -0.344 e. The average molecular weight is 364 g/mol. The van der Waals surface area contributed by atoms with Crippen molar-refractivity contribution in [2.24, 2.45) is 5.92 Å². The number of hydrogen-bond acceptors (Lipinski definition) is 1. The Morgan fingerprint density at radius 3 is 1.52 bits per heavy atom. The van der Waals surface area contributed by atoms with Crippen LogP contribution in [0.15, 0.2) is 0 Å². The zero-order valence-corrected chi connectivity index (χ0v) is 16.9. The van der Waals surface area contributed by atoms with Gasteiger partial charge in [-0.15, -0.1) is 0 Å². The fourth-order valence-corrected chi connectivity index (χ4v) is 4.25. The van der Waals surface area contributed by atoms with Crippen molar-refractivity contribution in [3.8, 4) is 0 Å². The molecule has 0 aromatic carbocycles. The van der Waals surface area contributed by atoms with Gasteiger partial charge in [-0.25, -0.2) is 0 Å². The second-order valence-electron chi connectivity index (χ2n) is 6.58. The predicted molar refractivity (Wildman–Crippen MR) is 103 cm³/mol. The van der Waals surface area contributed by atoms with Gasteiger partial charge in [0.15, 0.2) is 0 Å². The van der Waals surface area contributed by atoms with Crippen LogP contribution in [0.5, 0.6) is 0 Å². The Morgan fingerprint density at radius 2 is 1.10 bits per heavy atom. The molecule has 0 fully saturated rings. The van der Waals surface area contributed by atoms with E-state index in [1.807, 2.05) is 0 Å². The maximum absolute atomic E-state index is 4.24. The molecule has 1 atom stereocenters. The molecule has 1 nitrogen and oxygen atoms in total. The van der Waals surface area contributed by atoms with Crippen LogP contribution in [0.2, 0.25) is 0 Å². The maximum atomic E-state index is 4.24. The Balaban J connectivity index is 0. The molecule has 0 saturated heterocycles. The summed E-state index contributed by atoms with van der Waals surface area (Å²) in [6.45, 7) is 9.30. The highest BCUT2D eigenvalue weighted by Gasteiger charge is 2.34. The summed E-state index contributed by atoms with van der Waals surface area (Å²) in [5.74, 6) is 0.895. The topological polar surface area (TPSA) is 35.0 Å². The Bertz CT molecular complexity index is 198. The van der Waals surface area contributed by atoms with E-state index in [2.05, 4.69) is 43.6 Å². The summed E-state index contributed by atoms with van der Waals surface area (Å²) in [6, 6.07) is 0. The first-order valence-electron chi connectivity index (χ1n) is 9.33. The molecule has 0 heterocycles. The van der Waals surface area contributed by atoms with Crippen molar-refractivity contribution in [3.63, 3.8) is 0 Å². The van der Waals surface area contributed by atoms with Crippen molar-refractivity contribution < 1.29 is 0 Å². The molecule has 0 amide bonds. The molecule has 130 valence electrons. The zero-order chi connectivity index (χ0) is 15.3. The number of rotatable bonds is 14. The SMILES string of the molecule is CCCCCC(CCCC)C(Br)(CCCC)CCCC.N. The molecule has 3 N–H and O–H groups in total. The van der Waals surface area contributed by atoms with Crippen molar-refractivity contribution in [2.45, 2.75) is 115 Å². The first-order valence-corrected chi connectivity index (χ1v) is 10.1. The number of halogens is 1. The van der Waals surface area contributed by atoms with Crippen LogP contribution in [0.25, 0.3) is 0 Å². The highest BCUT2D eigenvalue weighted by molar-refractivity contribution is 9.10. The van der Waals surface area contributed by atoms with Crippen LogP contribution in [0.4, 0.5) is 0 Å². The second kappa shape index (κ2) is 15.3. The minimum absolute atomic E-state index is 0. The van der Waals surface area contributed by atoms with E-state index in [-0.39, 0.29) is 6.15 Å². The van der Waals surface area contributed by atoms with Gasteiger partial charge in [-0.2, -0.15) is 0 Å². The van der Waals surface area contributed by atoms with Crippen molar-refractivity contribution in [2.75, 3.05) is 0 Å². The third kappa shape index (κ3) is 10.7. The Hall–Kier alpha value is 0.440. The van der Waals surface area contributed by atoms with E-state index in [9.17, 15) is 0 Å². The molecule has 21 heavy (non-hydrogen) atoms. The lowest BCUT2D eigenvalue weighted by molar-refractivity contribution is 0.282. The average Bonchev–Trinajstić information content (AvgIpc) is 2.46. The molecule has 0 aromatic heterocycles. The van der Waals surface area contributed by atoms with Crippen LogP contribution < -0.4 is 6.15 Å². The molecule has 0 saturated carbocycles. The van der Waals surface area contributed by atoms with E-state index in [1.54, 1.807) is 0 Å². The lowest BCUT2D eigenvalue weighted by Gasteiger charge is -2.37. The summed E-state index contributed by atoms with van der Waals surface area (Å²) in [7, 11) is 0. The number of unbranched alkanes of at least 4 members (excludes halogenated alkanes) is 5. The van der Waals surface area contributed by atoms with Gasteiger partial charge in [0.2, 0.25) is 0 Å². The monoisotopic (exact) mass is 363 g/mol. The molecule has 0 aliphatic heterocycles. The van der Waals surface area contributed by atoms with Crippen LogP contribution in [-0.2, 0) is 0 Å². The van der Waals surface area contributed by atoms with E-state index >= 15 is 0 Å². The highest BCUT2D eigenvalue weighted by Crippen LogP contribution is 2.43. The van der Waals surface area contributed by atoms with Gasteiger partial charge < -0.3 is 6.15 Å². The number of alkyl halides is 1. The van der Waals surface area contributed by atoms with Gasteiger partial charge >= 0.3 is 0 Å². The molecule has 0 spiro atoms. The van der Waals surface area contributed by atoms with E-state index in [4.69, 9.17) is 0 Å². The Kier molecular flexibility index (Phi) is 17.3. The van der Waals surface area contributed by atoms with Gasteiger partial charge in [0.05, 0.1) is 0 Å². The van der Waals surface area contributed by atoms with E-state index in [1.165, 1.54) is 83.5 Å². The molecule has 1 unspecified atom stereocenters. The lowest BCUT2D eigenvalue weighted by atomic mass is 9.78. The molecule has 0 radical (unpaired) electrons. The van der Waals surface area contributed by atoms with Crippen molar-refractivity contribution in [1.29, 1.82) is 0 Å². The predicted octanol–water partition coefficient (Wildman–Crippen LogP) is 8.05. The van der Waals surface area contributed by atoms with Gasteiger partial charge in [0.1, 0.15) is 0 Å². The Morgan fingerprint density at radius 1 is 0.667 bits per heavy atom. The summed E-state index contributed by atoms with van der Waals surface area (Å²) < 4.78 is 0.432. The van der Waals surface area contributed by atoms with Gasteiger partial charge in [-0.1, -0.05) is 101 Å². The molecule has 0 aliphatic carbocycles. The normalized spacial score (nSPS) is 13.0. The van der Waals surface area contributed by atoms with Crippen LogP contribution in [0.3, 0.4) is 0 Å². The quantitative estimate of drug-likeness (QED) is 0.245. The summed E-state index contributed by atoms with van der Waals surface area (Å²) >= 11 is 4.24. The van der Waals surface area contributed by atoms with E-state index < -0.39 is 0 Å². The molecular weight excluding hydrogens is 322 g/mol. The van der Waals surface area contributed by atoms with E-state index in [0.717, 1.165) is 5.92 Å². The highest BCUT2D eigenvalue weighted by atomic mass is 79.9. The van der Waals surface area contributed by atoms with Gasteiger partial charge in [-0.3, -0.25) is 0 Å². The van der Waals surface area contributed by atoms with E-state index in [0.29, 0.717) is 4.32 Å². The van der Waals surface area contributed by atoms with Crippen molar-refractivity contribution in [1.82, 2.24) is 6.15 Å². The molecule has 0 bridgehead atoms. The largest absolute Gasteiger partial charge is 0.344 e. The first-order chi connectivity index (χ1) is 9.64. The first kappa shape index (κ1) is 23.7. The second-order valence-corrected chi connectivity index (χ2v) is 8.16. The summed E-state index contributed by atoms with van der Waals surface area (Å²) in [4.78, 5) is 0. The summed E-state index contributed by atoms with van der Waals surface area (Å²) in [5.41, 5.74) is 0. The van der Waals surface area contributed by atoms with Crippen molar-refractivity contribution >= 4 is 15.9 Å². The lowest BCUT2D eigenvalue weighted by Crippen LogP contribution is -2.32. The maximum Gasteiger partial charge on any atom is 0.0286 e. The number of hydrogen-bond donors (Lipinski definition) is 1. The fraction of sp³-hybridized carbons (Fsp3) is 1.00. The van der Waals surface area contributed by atoms with Crippen LogP contribution in [0.1, 0.15) is 111 Å². The third-order valence-electron chi connectivity index (χ3n) is 4.69. The molecule has 2 heteroatoms. The van der Waals surface area contributed by atoms with Crippen LogP contribution in [-0.4, -0.2) is 4.32 Å². The Labute approximate surface area is 143 Å². The molecule has 0 rings (SSSR count). The van der Waals surface area contributed by atoms with Gasteiger partial charge in [-0.05, 0) is 31.6 Å². The fourth-order valence-electron chi connectivity index (χ4n) is 3.23. The van der Waals surface area contributed by atoms with Crippen molar-refractivity contribution in [3.05, 3.63) is 0 Å². The zero-order valence-electron chi connectivity index (χ0n) is 15.4. The van der Waals surface area contributed by atoms with Gasteiger partial charge in [0.25, 0.3) is 0 Å². The van der Waals surface area contributed by atoms with Gasteiger partial charge in [0, 0.05) is 4.32 Å². The van der Waals surface area contributed by atoms with Crippen LogP contribution >= 0.6 is 15.9 Å². The smallest absolute Gasteiger partial charge is 0.0286 e. The standard InChI is InChI=1S/C19H39Br.H3N/c1-5-9-13-15-18(14-10-6-2)19(20,16-11-7-3)17-12-8-4;/h18H,5-17H2,1-4H3;1H3. The molecule has 0 aliphatic rings. The summed E-state index contributed by atoms with van der Waals surface area (Å²) in [6.07, 6.45) is 18.0. The van der Waals surface area contributed by atoms with Crippen LogP contribution in [0, 0.1) is 5.92 Å². The molecule has 0 aromatic rings.